The first-order valence-corrected chi connectivity index (χ1v) is 10.9. The summed E-state index contributed by atoms with van der Waals surface area (Å²) in [4.78, 5) is 12.5. The van der Waals surface area contributed by atoms with Gasteiger partial charge in [0, 0.05) is 29.0 Å². The van der Waals surface area contributed by atoms with Gasteiger partial charge in [0.2, 0.25) is 0 Å². The first-order valence-electron chi connectivity index (χ1n) is 9.14. The monoisotopic (exact) mass is 442 g/mol. The van der Waals surface area contributed by atoms with Crippen LogP contribution in [0, 0.1) is 17.1 Å². The van der Waals surface area contributed by atoms with Gasteiger partial charge in [0.1, 0.15) is 35.2 Å². The fraction of sp³-hybridized carbons (Fsp3) is 0.200. The van der Waals surface area contributed by atoms with Crippen molar-refractivity contribution in [2.45, 2.75) is 11.3 Å². The van der Waals surface area contributed by atoms with Gasteiger partial charge in [0.15, 0.2) is 15.7 Å². The van der Waals surface area contributed by atoms with Gasteiger partial charge in [-0.15, -0.1) is 0 Å². The van der Waals surface area contributed by atoms with Gasteiger partial charge in [-0.1, -0.05) is 0 Å². The van der Waals surface area contributed by atoms with Gasteiger partial charge >= 0.3 is 0 Å². The van der Waals surface area contributed by atoms with E-state index >= 15 is 0 Å². The molecule has 1 aliphatic heterocycles. The molecule has 3 heterocycles. The van der Waals surface area contributed by atoms with Crippen LogP contribution in [-0.2, 0) is 9.84 Å². The topological polar surface area (TPSA) is 134 Å². The Kier molecular flexibility index (Phi) is 5.24. The van der Waals surface area contributed by atoms with Crippen LogP contribution in [0.4, 0.5) is 20.3 Å². The highest BCUT2D eigenvalue weighted by Gasteiger charge is 2.37. The minimum atomic E-state index is -3.91. The Morgan fingerprint density at radius 2 is 2.06 bits per heavy atom. The summed E-state index contributed by atoms with van der Waals surface area (Å²) in [6, 6.07) is 8.33. The van der Waals surface area contributed by atoms with Gasteiger partial charge in [0.25, 0.3) is 0 Å². The van der Waals surface area contributed by atoms with Crippen LogP contribution in [0.15, 0.2) is 47.7 Å². The Labute approximate surface area is 176 Å². The molecule has 1 unspecified atom stereocenters. The molecule has 8 nitrogen and oxygen atoms in total. The first-order chi connectivity index (χ1) is 14.8. The fourth-order valence-electron chi connectivity index (χ4n) is 3.38. The lowest BCUT2D eigenvalue weighted by molar-refractivity contribution is 0.489. The quantitative estimate of drug-likeness (QED) is 0.634. The average Bonchev–Trinajstić information content (AvgIpc) is 2.74. The molecule has 11 heteroatoms. The summed E-state index contributed by atoms with van der Waals surface area (Å²) in [5, 5.41) is 11.2. The van der Waals surface area contributed by atoms with Gasteiger partial charge < -0.3 is 11.1 Å². The Morgan fingerprint density at radius 1 is 1.26 bits per heavy atom. The molecule has 0 fully saturated rings. The zero-order valence-electron chi connectivity index (χ0n) is 16.0. The zero-order chi connectivity index (χ0) is 22.2. The number of sulfone groups is 1. The van der Waals surface area contributed by atoms with E-state index in [0.717, 1.165) is 0 Å². The third-order valence-corrected chi connectivity index (χ3v) is 6.96. The summed E-state index contributed by atoms with van der Waals surface area (Å²) in [5.74, 6) is -1.21. The molecule has 4 rings (SSSR count). The highest BCUT2D eigenvalue weighted by molar-refractivity contribution is 7.92. The van der Waals surface area contributed by atoms with Crippen molar-refractivity contribution in [2.24, 2.45) is 10.7 Å². The number of aromatic nitrogens is 2. The molecule has 0 saturated heterocycles. The van der Waals surface area contributed by atoms with Gasteiger partial charge in [-0.05, 0) is 30.3 Å². The number of anilines is 2. The van der Waals surface area contributed by atoms with Crippen molar-refractivity contribution in [3.63, 3.8) is 0 Å². The molecule has 2 atom stereocenters. The van der Waals surface area contributed by atoms with Crippen LogP contribution in [0.2, 0.25) is 0 Å². The lowest BCUT2D eigenvalue weighted by atomic mass is 10.1. The van der Waals surface area contributed by atoms with E-state index in [9.17, 15) is 17.2 Å². The number of nitrogens with zero attached hydrogens (tertiary/aromatic N) is 4. The Morgan fingerprint density at radius 3 is 2.77 bits per heavy atom. The number of nitrogens with one attached hydrogen (secondary N) is 1. The van der Waals surface area contributed by atoms with Crippen molar-refractivity contribution >= 4 is 38.1 Å². The summed E-state index contributed by atoms with van der Waals surface area (Å²) in [6.07, 6.45) is 2.95. The zero-order valence-corrected chi connectivity index (χ0v) is 16.8. The Hall–Kier alpha value is -3.65. The number of nitriles is 1. The number of aliphatic imine (C=N–C) groups is 1. The molecule has 0 saturated carbocycles. The molecule has 0 radical (unpaired) electrons. The van der Waals surface area contributed by atoms with Crippen LogP contribution in [0.5, 0.6) is 0 Å². The van der Waals surface area contributed by atoms with Crippen LogP contribution in [0.25, 0.3) is 10.9 Å². The molecular formula is C20H16F2N6O2S. The predicted molar refractivity (Wildman–Crippen MR) is 112 cm³/mol. The third kappa shape index (κ3) is 3.89. The number of fused-ring (bicyclic) bond motifs is 1. The summed E-state index contributed by atoms with van der Waals surface area (Å²) in [5.41, 5.74) is 6.97. The normalized spacial score (nSPS) is 20.1. The lowest BCUT2D eigenvalue weighted by Crippen LogP contribution is -2.44. The maximum atomic E-state index is 14.5. The van der Waals surface area contributed by atoms with Gasteiger partial charge in [-0.2, -0.15) is 5.26 Å². The second-order valence-electron chi connectivity index (χ2n) is 6.97. The molecule has 3 aromatic rings. The van der Waals surface area contributed by atoms with E-state index in [1.54, 1.807) is 12.1 Å². The van der Waals surface area contributed by atoms with Crippen molar-refractivity contribution in [1.82, 2.24) is 9.97 Å². The minimum Gasteiger partial charge on any atom is -0.386 e. The molecular weight excluding hydrogens is 426 g/mol. The van der Waals surface area contributed by atoms with E-state index in [1.165, 1.54) is 30.6 Å². The molecule has 2 aromatic heterocycles. The molecule has 3 N–H and O–H groups in total. The van der Waals surface area contributed by atoms with Crippen molar-refractivity contribution in [2.75, 3.05) is 17.7 Å². The van der Waals surface area contributed by atoms with E-state index in [4.69, 9.17) is 11.0 Å². The molecule has 0 amide bonds. The number of benzene rings is 1. The van der Waals surface area contributed by atoms with Crippen molar-refractivity contribution in [3.05, 3.63) is 59.7 Å². The first kappa shape index (κ1) is 20.6. The van der Waals surface area contributed by atoms with Crippen LogP contribution < -0.4 is 11.1 Å². The molecule has 158 valence electrons. The number of rotatable bonds is 4. The second-order valence-corrected chi connectivity index (χ2v) is 9.20. The van der Waals surface area contributed by atoms with E-state index < -0.39 is 39.4 Å². The van der Waals surface area contributed by atoms with E-state index in [-0.39, 0.29) is 11.4 Å². The maximum Gasteiger partial charge on any atom is 0.165 e. The maximum absolute atomic E-state index is 14.5. The van der Waals surface area contributed by atoms with Crippen molar-refractivity contribution in [3.8, 4) is 6.07 Å². The number of amidine groups is 1. The molecule has 1 aromatic carbocycles. The highest BCUT2D eigenvalue weighted by atomic mass is 32.2. The van der Waals surface area contributed by atoms with Gasteiger partial charge in [-0.3, -0.25) is 9.98 Å². The average molecular weight is 442 g/mol. The highest BCUT2D eigenvalue weighted by Crippen LogP contribution is 2.31. The molecule has 0 bridgehead atoms. The number of halogens is 2. The summed E-state index contributed by atoms with van der Waals surface area (Å²) in [6.45, 7) is -1.18. The summed E-state index contributed by atoms with van der Waals surface area (Å²) >= 11 is 0. The standard InChI is InChI=1S/C20H16F2N6O2S/c21-7-17-19(24)28-16(10-31(17,29)30)14-6-13(1-2-15(14)22)27-20-18-12(3-4-25-20)5-11(8-23)9-26-18/h1-6,9,16-17H,7,10H2,(H2,24,28)(H,25,27)/t16?,17-/m0/s1. The van der Waals surface area contributed by atoms with Gasteiger partial charge in [-0.25, -0.2) is 22.2 Å². The van der Waals surface area contributed by atoms with Gasteiger partial charge in [0.05, 0.1) is 17.4 Å². The second kappa shape index (κ2) is 7.88. The number of alkyl halides is 1. The number of pyridine rings is 2. The third-order valence-electron chi connectivity index (χ3n) is 4.94. The number of hydrogen-bond donors (Lipinski definition) is 2. The van der Waals surface area contributed by atoms with Crippen molar-refractivity contribution in [1.29, 1.82) is 5.26 Å². The molecule has 31 heavy (non-hydrogen) atoms. The minimum absolute atomic E-state index is 0.00814. The van der Waals surface area contributed by atoms with Crippen molar-refractivity contribution < 1.29 is 17.2 Å². The van der Waals surface area contributed by atoms with Crippen LogP contribution >= 0.6 is 0 Å². The Bertz CT molecular complexity index is 1350. The largest absolute Gasteiger partial charge is 0.386 e. The summed E-state index contributed by atoms with van der Waals surface area (Å²) < 4.78 is 52.2. The fourth-order valence-corrected chi connectivity index (χ4v) is 4.93. The van der Waals surface area contributed by atoms with E-state index in [0.29, 0.717) is 28.0 Å². The predicted octanol–water partition coefficient (Wildman–Crippen LogP) is 2.55. The molecule has 1 aliphatic rings. The SMILES string of the molecule is N#Cc1cnc2c(Nc3ccc(F)c(C4CS(=O)(=O)[C@@H](CF)C(N)=N4)c3)nccc2c1. The summed E-state index contributed by atoms with van der Waals surface area (Å²) in [7, 11) is -3.91. The molecule has 0 aliphatic carbocycles. The van der Waals surface area contributed by atoms with Crippen LogP contribution in [-0.4, -0.2) is 41.9 Å². The molecule has 0 spiro atoms. The van der Waals surface area contributed by atoms with E-state index in [1.807, 2.05) is 6.07 Å². The Balaban J connectivity index is 1.71. The lowest BCUT2D eigenvalue weighted by Gasteiger charge is -2.25. The van der Waals surface area contributed by atoms with Crippen LogP contribution in [0.3, 0.4) is 0 Å². The van der Waals surface area contributed by atoms with Crippen LogP contribution in [0.1, 0.15) is 17.2 Å². The number of hydrogen-bond acceptors (Lipinski definition) is 8. The van der Waals surface area contributed by atoms with E-state index in [2.05, 4.69) is 20.3 Å². The number of nitrogens with two attached hydrogens (primary N) is 1. The smallest absolute Gasteiger partial charge is 0.165 e.